The first-order valence-corrected chi connectivity index (χ1v) is 9.27. The summed E-state index contributed by atoms with van der Waals surface area (Å²) < 4.78 is 1.97. The number of benzene rings is 1. The summed E-state index contributed by atoms with van der Waals surface area (Å²) in [5.41, 5.74) is 0.556. The van der Waals surface area contributed by atoms with Gasteiger partial charge in [-0.2, -0.15) is 0 Å². The molecule has 4 rings (SSSR count). The minimum atomic E-state index is -0.0212. The van der Waals surface area contributed by atoms with E-state index in [0.29, 0.717) is 23.7 Å². The number of nitrogens with zero attached hydrogens (tertiary/aromatic N) is 5. The standard InChI is InChI=1S/C20H20ClN5O/c1-15-22-18(24-8-4-5-9-24)14-19(23-15)25-10-12-26(13-11-25)20(27)16-6-2-3-7-17(16)21/h2-9,14H,10-13H2,1H3. The van der Waals surface area contributed by atoms with Crippen molar-refractivity contribution >= 4 is 23.3 Å². The van der Waals surface area contributed by atoms with Gasteiger partial charge in [-0.15, -0.1) is 0 Å². The van der Waals surface area contributed by atoms with Crippen LogP contribution in [0.4, 0.5) is 5.82 Å². The van der Waals surface area contributed by atoms with Gasteiger partial charge in [0, 0.05) is 44.6 Å². The van der Waals surface area contributed by atoms with Gasteiger partial charge in [0.2, 0.25) is 0 Å². The van der Waals surface area contributed by atoms with Crippen LogP contribution in [0.3, 0.4) is 0 Å². The van der Waals surface area contributed by atoms with Gasteiger partial charge >= 0.3 is 0 Å². The van der Waals surface area contributed by atoms with Gasteiger partial charge in [-0.1, -0.05) is 23.7 Å². The van der Waals surface area contributed by atoms with Crippen molar-refractivity contribution in [3.63, 3.8) is 0 Å². The Balaban J connectivity index is 1.48. The first-order chi connectivity index (χ1) is 13.1. The molecule has 3 heterocycles. The Hall–Kier alpha value is -2.86. The lowest BCUT2D eigenvalue weighted by Gasteiger charge is -2.35. The van der Waals surface area contributed by atoms with Gasteiger partial charge in [0.25, 0.3) is 5.91 Å². The average molecular weight is 382 g/mol. The molecule has 3 aromatic rings. The van der Waals surface area contributed by atoms with E-state index in [0.717, 1.165) is 30.5 Å². The van der Waals surface area contributed by atoms with Crippen molar-refractivity contribution in [1.82, 2.24) is 19.4 Å². The highest BCUT2D eigenvalue weighted by Gasteiger charge is 2.24. The summed E-state index contributed by atoms with van der Waals surface area (Å²) in [6, 6.07) is 13.1. The highest BCUT2D eigenvalue weighted by molar-refractivity contribution is 6.33. The lowest BCUT2D eigenvalue weighted by Crippen LogP contribution is -2.49. The number of hydrogen-bond acceptors (Lipinski definition) is 4. The van der Waals surface area contributed by atoms with Crippen molar-refractivity contribution in [2.45, 2.75) is 6.92 Å². The molecule has 7 heteroatoms. The van der Waals surface area contributed by atoms with E-state index in [1.807, 2.05) is 59.1 Å². The van der Waals surface area contributed by atoms with Gasteiger partial charge in [-0.3, -0.25) is 4.79 Å². The number of anilines is 1. The maximum absolute atomic E-state index is 12.7. The van der Waals surface area contributed by atoms with Crippen LogP contribution in [0.1, 0.15) is 16.2 Å². The Labute approximate surface area is 163 Å². The quantitative estimate of drug-likeness (QED) is 0.699. The van der Waals surface area contributed by atoms with Crippen molar-refractivity contribution in [3.8, 4) is 5.82 Å². The number of rotatable bonds is 3. The molecule has 1 saturated heterocycles. The van der Waals surface area contributed by atoms with Crippen molar-refractivity contribution in [2.24, 2.45) is 0 Å². The number of amides is 1. The van der Waals surface area contributed by atoms with Gasteiger partial charge in [-0.25, -0.2) is 9.97 Å². The van der Waals surface area contributed by atoms with Crippen molar-refractivity contribution in [1.29, 1.82) is 0 Å². The molecule has 0 saturated carbocycles. The molecule has 1 amide bonds. The van der Waals surface area contributed by atoms with Crippen LogP contribution in [-0.2, 0) is 0 Å². The zero-order chi connectivity index (χ0) is 18.8. The molecule has 0 unspecified atom stereocenters. The number of piperazine rings is 1. The SMILES string of the molecule is Cc1nc(N2CCN(C(=O)c3ccccc3Cl)CC2)cc(-n2cccc2)n1. The van der Waals surface area contributed by atoms with Crippen LogP contribution in [0.15, 0.2) is 54.9 Å². The van der Waals surface area contributed by atoms with E-state index in [4.69, 9.17) is 11.6 Å². The Morgan fingerprint density at radius 3 is 2.33 bits per heavy atom. The van der Waals surface area contributed by atoms with Gasteiger partial charge in [0.15, 0.2) is 0 Å². The second-order valence-corrected chi connectivity index (χ2v) is 6.89. The molecule has 1 aliphatic heterocycles. The van der Waals surface area contributed by atoms with Crippen LogP contribution in [-0.4, -0.2) is 51.5 Å². The molecule has 1 aromatic carbocycles. The predicted molar refractivity (Wildman–Crippen MR) is 106 cm³/mol. The topological polar surface area (TPSA) is 54.3 Å². The third-order valence-corrected chi connectivity index (χ3v) is 5.00. The molecule has 0 N–H and O–H groups in total. The number of carbonyl (C=O) groups is 1. The van der Waals surface area contributed by atoms with E-state index in [9.17, 15) is 4.79 Å². The summed E-state index contributed by atoms with van der Waals surface area (Å²) in [7, 11) is 0. The molecule has 2 aromatic heterocycles. The Morgan fingerprint density at radius 1 is 0.963 bits per heavy atom. The zero-order valence-corrected chi connectivity index (χ0v) is 15.8. The Bertz CT molecular complexity index is 949. The van der Waals surface area contributed by atoms with Crippen LogP contribution < -0.4 is 4.90 Å². The number of halogens is 1. The molecule has 138 valence electrons. The van der Waals surface area contributed by atoms with E-state index < -0.39 is 0 Å². The molecule has 1 aliphatic rings. The fourth-order valence-corrected chi connectivity index (χ4v) is 3.48. The lowest BCUT2D eigenvalue weighted by atomic mass is 10.2. The minimum absolute atomic E-state index is 0.0212. The van der Waals surface area contributed by atoms with E-state index in [1.165, 1.54) is 0 Å². The molecular weight excluding hydrogens is 362 g/mol. The van der Waals surface area contributed by atoms with Crippen LogP contribution in [0.2, 0.25) is 5.02 Å². The molecule has 0 aliphatic carbocycles. The van der Waals surface area contributed by atoms with E-state index >= 15 is 0 Å². The molecule has 27 heavy (non-hydrogen) atoms. The van der Waals surface area contributed by atoms with Gasteiger partial charge in [0.05, 0.1) is 10.6 Å². The van der Waals surface area contributed by atoms with Gasteiger partial charge in [0.1, 0.15) is 17.5 Å². The second-order valence-electron chi connectivity index (χ2n) is 6.48. The van der Waals surface area contributed by atoms with Crippen LogP contribution in [0.5, 0.6) is 0 Å². The van der Waals surface area contributed by atoms with Gasteiger partial charge < -0.3 is 14.4 Å². The summed E-state index contributed by atoms with van der Waals surface area (Å²) >= 11 is 6.17. The number of hydrogen-bond donors (Lipinski definition) is 0. The molecule has 1 fully saturated rings. The second kappa shape index (κ2) is 7.40. The zero-order valence-electron chi connectivity index (χ0n) is 15.0. The summed E-state index contributed by atoms with van der Waals surface area (Å²) in [5, 5.41) is 0.493. The van der Waals surface area contributed by atoms with Crippen molar-refractivity contribution in [2.75, 3.05) is 31.1 Å². The first-order valence-electron chi connectivity index (χ1n) is 8.89. The fourth-order valence-electron chi connectivity index (χ4n) is 3.26. The molecule has 6 nitrogen and oxygen atoms in total. The van der Waals surface area contributed by atoms with Crippen LogP contribution >= 0.6 is 11.6 Å². The van der Waals surface area contributed by atoms with Crippen molar-refractivity contribution in [3.05, 3.63) is 71.3 Å². The summed E-state index contributed by atoms with van der Waals surface area (Å²) in [5.74, 6) is 2.44. The third kappa shape index (κ3) is 3.66. The van der Waals surface area contributed by atoms with Gasteiger partial charge in [-0.05, 0) is 31.2 Å². The smallest absolute Gasteiger partial charge is 0.255 e. The molecule has 0 atom stereocenters. The van der Waals surface area contributed by atoms with E-state index in [1.54, 1.807) is 12.1 Å². The number of carbonyl (C=O) groups excluding carboxylic acids is 1. The average Bonchev–Trinajstić information content (AvgIpc) is 3.22. The normalized spacial score (nSPS) is 14.4. The summed E-state index contributed by atoms with van der Waals surface area (Å²) in [6.45, 7) is 4.60. The van der Waals surface area contributed by atoms with Crippen LogP contribution in [0.25, 0.3) is 5.82 Å². The van der Waals surface area contributed by atoms with E-state index in [2.05, 4.69) is 14.9 Å². The van der Waals surface area contributed by atoms with Crippen LogP contribution in [0, 0.1) is 6.92 Å². The maximum atomic E-state index is 12.7. The highest BCUT2D eigenvalue weighted by Crippen LogP contribution is 2.21. The lowest BCUT2D eigenvalue weighted by molar-refractivity contribution is 0.0746. The highest BCUT2D eigenvalue weighted by atomic mass is 35.5. The molecular formula is C20H20ClN5O. The number of aryl methyl sites for hydroxylation is 1. The summed E-state index contributed by atoms with van der Waals surface area (Å²) in [6.07, 6.45) is 3.93. The maximum Gasteiger partial charge on any atom is 0.255 e. The predicted octanol–water partition coefficient (Wildman–Crippen LogP) is 3.19. The summed E-state index contributed by atoms with van der Waals surface area (Å²) in [4.78, 5) is 25.9. The molecule has 0 spiro atoms. The fraction of sp³-hybridized carbons (Fsp3) is 0.250. The monoisotopic (exact) mass is 381 g/mol. The third-order valence-electron chi connectivity index (χ3n) is 4.68. The van der Waals surface area contributed by atoms with Crippen molar-refractivity contribution < 1.29 is 4.79 Å². The Morgan fingerprint density at radius 2 is 1.63 bits per heavy atom. The molecule has 0 radical (unpaired) electrons. The minimum Gasteiger partial charge on any atom is -0.353 e. The Kier molecular flexibility index (Phi) is 4.81. The van der Waals surface area contributed by atoms with E-state index in [-0.39, 0.29) is 5.91 Å². The number of aromatic nitrogens is 3. The largest absolute Gasteiger partial charge is 0.353 e. The molecule has 0 bridgehead atoms. The first kappa shape index (κ1) is 17.5.